The van der Waals surface area contributed by atoms with Crippen LogP contribution in [0.15, 0.2) is 36.5 Å². The number of fused-ring (bicyclic) bond motifs is 1. The van der Waals surface area contributed by atoms with Crippen molar-refractivity contribution in [2.24, 2.45) is 0 Å². The molecule has 10 heteroatoms. The minimum atomic E-state index is -0.595. The summed E-state index contributed by atoms with van der Waals surface area (Å²) in [6.45, 7) is 11.7. The van der Waals surface area contributed by atoms with Gasteiger partial charge in [-0.1, -0.05) is 0 Å². The number of anilines is 4. The third-order valence-electron chi connectivity index (χ3n) is 5.55. The Balaban J connectivity index is 1.43. The summed E-state index contributed by atoms with van der Waals surface area (Å²) in [7, 11) is 0. The fourth-order valence-electron chi connectivity index (χ4n) is 3.93. The van der Waals surface area contributed by atoms with Crippen molar-refractivity contribution in [1.29, 1.82) is 0 Å². The number of amides is 1. The molecule has 1 amide bonds. The summed E-state index contributed by atoms with van der Waals surface area (Å²) in [4.78, 5) is 29.2. The molecule has 1 aliphatic heterocycles. The highest BCUT2D eigenvalue weighted by Gasteiger charge is 2.39. The van der Waals surface area contributed by atoms with Crippen LogP contribution in [-0.4, -0.2) is 56.7 Å². The summed E-state index contributed by atoms with van der Waals surface area (Å²) in [6, 6.07) is 9.15. The number of ether oxygens (including phenoxy) is 1. The van der Waals surface area contributed by atoms with Crippen LogP contribution in [0.1, 0.15) is 34.6 Å². The van der Waals surface area contributed by atoms with Crippen molar-refractivity contribution in [3.63, 3.8) is 0 Å². The van der Waals surface area contributed by atoms with Gasteiger partial charge >= 0.3 is 6.09 Å². The molecule has 0 aliphatic carbocycles. The predicted molar refractivity (Wildman–Crippen MR) is 131 cm³/mol. The van der Waals surface area contributed by atoms with Crippen LogP contribution in [-0.2, 0) is 4.74 Å². The normalized spacial score (nSPS) is 15.9. The Labute approximate surface area is 198 Å². The van der Waals surface area contributed by atoms with Crippen LogP contribution in [0.4, 0.5) is 32.3 Å². The Kier molecular flexibility index (Phi) is 5.93. The van der Waals surface area contributed by atoms with Crippen molar-refractivity contribution < 1.29 is 13.9 Å². The number of nitrogen functional groups attached to an aromatic ring is 1. The van der Waals surface area contributed by atoms with Crippen LogP contribution in [0.2, 0.25) is 0 Å². The van der Waals surface area contributed by atoms with Crippen LogP contribution in [0.5, 0.6) is 0 Å². The van der Waals surface area contributed by atoms with Crippen molar-refractivity contribution >= 4 is 40.3 Å². The molecule has 2 aromatic heterocycles. The molecular formula is C24H30FN7O2. The van der Waals surface area contributed by atoms with E-state index in [1.54, 1.807) is 4.90 Å². The molecule has 0 radical (unpaired) electrons. The molecule has 3 N–H and O–H groups in total. The molecule has 1 aliphatic rings. The summed E-state index contributed by atoms with van der Waals surface area (Å²) in [6.07, 6.45) is 1.21. The zero-order valence-corrected chi connectivity index (χ0v) is 20.1. The topological polar surface area (TPSA) is 110 Å². The van der Waals surface area contributed by atoms with E-state index in [9.17, 15) is 9.18 Å². The summed E-state index contributed by atoms with van der Waals surface area (Å²) in [5, 5.41) is 3.61. The Morgan fingerprint density at radius 3 is 2.53 bits per heavy atom. The van der Waals surface area contributed by atoms with Crippen molar-refractivity contribution in [2.45, 2.75) is 45.8 Å². The lowest BCUT2D eigenvalue weighted by Crippen LogP contribution is -2.61. The standard InChI is InChI=1S/C24H30FN7O2/c1-23(2,3)34-22(33)32-11-10-31(14-24(32,4)5)17-8-6-16(7-9-17)28-21-27-13-15-12-18(25)19(26)29-20(15)30-21/h6-9,12-13H,10-11,14H2,1-5H3,(H3,26,27,28,29,30). The van der Waals surface area contributed by atoms with Gasteiger partial charge in [-0.15, -0.1) is 0 Å². The van der Waals surface area contributed by atoms with E-state index >= 15 is 0 Å². The number of pyridine rings is 1. The predicted octanol–water partition coefficient (Wildman–Crippen LogP) is 4.33. The first-order chi connectivity index (χ1) is 15.9. The highest BCUT2D eigenvalue weighted by atomic mass is 19.1. The van der Waals surface area contributed by atoms with Crippen molar-refractivity contribution in [3.05, 3.63) is 42.3 Å². The van der Waals surface area contributed by atoms with Gasteiger partial charge in [0.25, 0.3) is 0 Å². The van der Waals surface area contributed by atoms with E-state index in [0.29, 0.717) is 36.6 Å². The minimum absolute atomic E-state index is 0.198. The zero-order valence-electron chi connectivity index (χ0n) is 20.1. The average molecular weight is 468 g/mol. The molecule has 1 fully saturated rings. The number of rotatable bonds is 3. The molecule has 0 atom stereocenters. The van der Waals surface area contributed by atoms with Crippen LogP contribution in [0.25, 0.3) is 11.0 Å². The summed E-state index contributed by atoms with van der Waals surface area (Å²) < 4.78 is 19.2. The maximum atomic E-state index is 13.6. The molecule has 1 saturated heterocycles. The molecule has 0 unspecified atom stereocenters. The number of carbonyl (C=O) groups is 1. The van der Waals surface area contributed by atoms with Gasteiger partial charge in [-0.25, -0.2) is 19.2 Å². The van der Waals surface area contributed by atoms with Gasteiger partial charge < -0.3 is 20.7 Å². The number of carbonyl (C=O) groups excluding carboxylic acids is 1. The molecule has 34 heavy (non-hydrogen) atoms. The Bertz CT molecular complexity index is 1210. The lowest BCUT2D eigenvalue weighted by atomic mass is 9.98. The summed E-state index contributed by atoms with van der Waals surface area (Å²) >= 11 is 0. The van der Waals surface area contributed by atoms with Gasteiger partial charge in [0, 0.05) is 42.6 Å². The third kappa shape index (κ3) is 5.11. The summed E-state index contributed by atoms with van der Waals surface area (Å²) in [5.41, 5.74) is 6.80. The van der Waals surface area contributed by atoms with E-state index in [1.807, 2.05) is 58.9 Å². The summed E-state index contributed by atoms with van der Waals surface area (Å²) in [5.74, 6) is -0.454. The first-order valence-electron chi connectivity index (χ1n) is 11.1. The van der Waals surface area contributed by atoms with E-state index in [1.165, 1.54) is 12.3 Å². The van der Waals surface area contributed by atoms with Crippen LogP contribution < -0.4 is 16.0 Å². The maximum absolute atomic E-state index is 13.6. The van der Waals surface area contributed by atoms with Crippen molar-refractivity contribution in [1.82, 2.24) is 19.9 Å². The SMILES string of the molecule is CC(C)(C)OC(=O)N1CCN(c2ccc(Nc3ncc4cc(F)c(N)nc4n3)cc2)CC1(C)C. The molecule has 0 saturated carbocycles. The van der Waals surface area contributed by atoms with E-state index in [0.717, 1.165) is 11.4 Å². The molecule has 4 rings (SSSR count). The second kappa shape index (κ2) is 8.58. The molecular weight excluding hydrogens is 437 g/mol. The van der Waals surface area contributed by atoms with Gasteiger partial charge in [-0.3, -0.25) is 4.90 Å². The lowest BCUT2D eigenvalue weighted by molar-refractivity contribution is 0.000377. The van der Waals surface area contributed by atoms with Crippen molar-refractivity contribution in [3.8, 4) is 0 Å². The molecule has 9 nitrogen and oxygen atoms in total. The average Bonchev–Trinajstić information content (AvgIpc) is 2.73. The first kappa shape index (κ1) is 23.5. The van der Waals surface area contributed by atoms with Gasteiger partial charge in [-0.05, 0) is 65.0 Å². The Morgan fingerprint density at radius 1 is 1.18 bits per heavy atom. The number of nitrogens with zero attached hydrogens (tertiary/aromatic N) is 5. The van der Waals surface area contributed by atoms with Gasteiger partial charge in [-0.2, -0.15) is 4.98 Å². The molecule has 3 aromatic rings. The van der Waals surface area contributed by atoms with Gasteiger partial charge in [0.05, 0.1) is 5.54 Å². The van der Waals surface area contributed by atoms with E-state index in [-0.39, 0.29) is 17.5 Å². The fraction of sp³-hybridized carbons (Fsp3) is 0.417. The van der Waals surface area contributed by atoms with Gasteiger partial charge in [0.2, 0.25) is 5.95 Å². The number of benzene rings is 1. The highest BCUT2D eigenvalue weighted by Crippen LogP contribution is 2.28. The fourth-order valence-corrected chi connectivity index (χ4v) is 3.93. The quantitative estimate of drug-likeness (QED) is 0.586. The molecule has 0 spiro atoms. The maximum Gasteiger partial charge on any atom is 0.410 e. The van der Waals surface area contributed by atoms with Crippen molar-refractivity contribution in [2.75, 3.05) is 35.6 Å². The number of hydrogen-bond acceptors (Lipinski definition) is 8. The Morgan fingerprint density at radius 2 is 1.88 bits per heavy atom. The Hall–Kier alpha value is -3.69. The second-order valence-corrected chi connectivity index (χ2v) is 10.00. The van der Waals surface area contributed by atoms with Crippen LogP contribution in [0, 0.1) is 5.82 Å². The molecule has 3 heterocycles. The second-order valence-electron chi connectivity index (χ2n) is 10.00. The minimum Gasteiger partial charge on any atom is -0.444 e. The molecule has 180 valence electrons. The largest absolute Gasteiger partial charge is 0.444 e. The number of nitrogens with two attached hydrogens (primary N) is 1. The number of halogens is 1. The van der Waals surface area contributed by atoms with Crippen LogP contribution >= 0.6 is 0 Å². The van der Waals surface area contributed by atoms with Gasteiger partial charge in [0.1, 0.15) is 5.60 Å². The van der Waals surface area contributed by atoms with E-state index in [4.69, 9.17) is 10.5 Å². The number of piperazine rings is 1. The smallest absolute Gasteiger partial charge is 0.410 e. The number of nitrogens with one attached hydrogen (secondary N) is 1. The zero-order chi connectivity index (χ0) is 24.7. The van der Waals surface area contributed by atoms with E-state index in [2.05, 4.69) is 25.2 Å². The first-order valence-corrected chi connectivity index (χ1v) is 11.1. The lowest BCUT2D eigenvalue weighted by Gasteiger charge is -2.47. The molecule has 1 aromatic carbocycles. The molecule has 0 bridgehead atoms. The van der Waals surface area contributed by atoms with E-state index < -0.39 is 11.4 Å². The van der Waals surface area contributed by atoms with Crippen LogP contribution in [0.3, 0.4) is 0 Å². The highest BCUT2D eigenvalue weighted by molar-refractivity contribution is 5.77. The number of hydrogen-bond donors (Lipinski definition) is 2. The number of aromatic nitrogens is 3. The van der Waals surface area contributed by atoms with Gasteiger partial charge in [0.15, 0.2) is 17.3 Å². The third-order valence-corrected chi connectivity index (χ3v) is 5.55. The monoisotopic (exact) mass is 467 g/mol.